The summed E-state index contributed by atoms with van der Waals surface area (Å²) in [4.78, 5) is 4.88. The highest BCUT2D eigenvalue weighted by molar-refractivity contribution is 5.77. The molecule has 0 saturated heterocycles. The van der Waals surface area contributed by atoms with Crippen molar-refractivity contribution in [3.63, 3.8) is 0 Å². The van der Waals surface area contributed by atoms with E-state index in [1.165, 1.54) is 89.8 Å². The van der Waals surface area contributed by atoms with Crippen LogP contribution in [0.15, 0.2) is 265 Å². The Hall–Kier alpha value is -7.68. The molecule has 0 amide bonds. The second-order valence-electron chi connectivity index (χ2n) is 16.0. The van der Waals surface area contributed by atoms with Gasteiger partial charge in [-0.1, -0.05) is 182 Å². The third kappa shape index (κ3) is 8.37. The lowest BCUT2D eigenvalue weighted by molar-refractivity contribution is 0.827. The number of rotatable bonds is 11. The molecule has 8 aromatic carbocycles. The zero-order chi connectivity index (χ0) is 41.5. The van der Waals surface area contributed by atoms with Crippen molar-refractivity contribution in [1.82, 2.24) is 0 Å². The van der Waals surface area contributed by atoms with Crippen molar-refractivity contribution in [2.75, 3.05) is 9.80 Å². The van der Waals surface area contributed by atoms with Gasteiger partial charge in [0.15, 0.2) is 0 Å². The summed E-state index contributed by atoms with van der Waals surface area (Å²) in [7, 11) is 0. The molecule has 0 bridgehead atoms. The maximum atomic E-state index is 2.44. The first kappa shape index (κ1) is 38.5. The molecule has 0 saturated carbocycles. The summed E-state index contributed by atoms with van der Waals surface area (Å²) < 4.78 is 0. The molecule has 0 aliphatic heterocycles. The van der Waals surface area contributed by atoms with Gasteiger partial charge in [-0.05, 0) is 142 Å². The first-order valence-electron chi connectivity index (χ1n) is 21.8. The van der Waals surface area contributed by atoms with E-state index in [-0.39, 0.29) is 0 Å². The van der Waals surface area contributed by atoms with Crippen molar-refractivity contribution in [2.24, 2.45) is 0 Å². The number of hydrogen-bond acceptors (Lipinski definition) is 2. The van der Waals surface area contributed by atoms with Crippen LogP contribution in [-0.2, 0) is 0 Å². The van der Waals surface area contributed by atoms with Crippen LogP contribution in [0.1, 0.15) is 25.7 Å². The summed E-state index contributed by atoms with van der Waals surface area (Å²) in [5, 5.41) is 0. The van der Waals surface area contributed by atoms with E-state index in [4.69, 9.17) is 0 Å². The minimum Gasteiger partial charge on any atom is -0.314 e. The van der Waals surface area contributed by atoms with Crippen LogP contribution in [-0.4, -0.2) is 0 Å². The van der Waals surface area contributed by atoms with Gasteiger partial charge in [0, 0.05) is 34.1 Å². The molecule has 2 heteroatoms. The Morgan fingerprint density at radius 3 is 0.645 bits per heavy atom. The molecule has 62 heavy (non-hydrogen) atoms. The van der Waals surface area contributed by atoms with E-state index in [2.05, 4.69) is 252 Å². The van der Waals surface area contributed by atoms with E-state index in [1.807, 2.05) is 0 Å². The molecule has 0 aromatic heterocycles. The quantitative estimate of drug-likeness (QED) is 0.129. The lowest BCUT2D eigenvalue weighted by Gasteiger charge is -2.32. The van der Waals surface area contributed by atoms with Gasteiger partial charge in [0.2, 0.25) is 0 Å². The minimum absolute atomic E-state index is 0.953. The fourth-order valence-corrected chi connectivity index (χ4v) is 8.86. The van der Waals surface area contributed by atoms with Crippen LogP contribution in [0, 0.1) is 0 Å². The third-order valence-electron chi connectivity index (χ3n) is 12.2. The molecule has 2 aliphatic carbocycles. The summed E-state index contributed by atoms with van der Waals surface area (Å²) >= 11 is 0. The molecule has 0 N–H and O–H groups in total. The molecule has 0 heterocycles. The molecule has 0 fully saturated rings. The summed E-state index contributed by atoms with van der Waals surface area (Å²) in [5.41, 5.74) is 19.9. The fraction of sp³-hybridized carbons (Fsp3) is 0.0667. The van der Waals surface area contributed by atoms with Crippen molar-refractivity contribution in [2.45, 2.75) is 25.7 Å². The molecule has 0 radical (unpaired) electrons. The van der Waals surface area contributed by atoms with Gasteiger partial charge in [-0.15, -0.1) is 0 Å². The zero-order valence-corrected chi connectivity index (χ0v) is 34.8. The predicted molar refractivity (Wildman–Crippen MR) is 263 cm³/mol. The molecule has 2 nitrogen and oxygen atoms in total. The molecule has 10 rings (SSSR count). The molecular formula is C60H48N2. The van der Waals surface area contributed by atoms with Gasteiger partial charge < -0.3 is 9.80 Å². The summed E-state index contributed by atoms with van der Waals surface area (Å²) in [6.07, 6.45) is 13.3. The van der Waals surface area contributed by atoms with Crippen LogP contribution in [0.3, 0.4) is 0 Å². The monoisotopic (exact) mass is 796 g/mol. The molecule has 2 aliphatic rings. The van der Waals surface area contributed by atoms with E-state index < -0.39 is 0 Å². The number of hydrogen-bond donors (Lipinski definition) is 0. The van der Waals surface area contributed by atoms with Crippen LogP contribution in [0.25, 0.3) is 44.5 Å². The third-order valence-corrected chi connectivity index (χ3v) is 12.2. The van der Waals surface area contributed by atoms with Crippen LogP contribution in [0.4, 0.5) is 22.7 Å². The number of benzene rings is 8. The van der Waals surface area contributed by atoms with E-state index in [9.17, 15) is 0 Å². The van der Waals surface area contributed by atoms with Crippen molar-refractivity contribution >= 4 is 22.7 Å². The highest BCUT2D eigenvalue weighted by Crippen LogP contribution is 2.41. The van der Waals surface area contributed by atoms with Crippen LogP contribution < -0.4 is 9.80 Å². The number of anilines is 4. The van der Waals surface area contributed by atoms with Crippen LogP contribution in [0.5, 0.6) is 0 Å². The second-order valence-corrected chi connectivity index (χ2v) is 16.0. The molecule has 298 valence electrons. The second kappa shape index (κ2) is 17.9. The normalized spacial score (nSPS) is 13.6. The number of nitrogens with zero attached hydrogens (tertiary/aromatic N) is 2. The lowest BCUT2D eigenvalue weighted by Crippen LogP contribution is -2.19. The van der Waals surface area contributed by atoms with Gasteiger partial charge in [0.05, 0.1) is 0 Å². The minimum atomic E-state index is 0.953. The van der Waals surface area contributed by atoms with E-state index in [0.29, 0.717) is 0 Å². The lowest BCUT2D eigenvalue weighted by atomic mass is 9.89. The standard InChI is InChI=1S/C60H48N2/c1-5-13-45(14-6-1)49-21-33-55(34-22-49)61(56-35-23-50(24-36-56)46-15-7-2-8-16-46)59-41-29-53(30-42-59)54-31-43-60(44-32-54)62(57-37-25-51(26-38-57)47-17-9-3-10-18-47)58-39-27-52(28-40-58)48-19-11-4-12-20-48/h1-29,31,33-41,43H,30,32,42,44H2. The Morgan fingerprint density at radius 1 is 0.210 bits per heavy atom. The first-order valence-corrected chi connectivity index (χ1v) is 21.8. The molecule has 0 spiro atoms. The van der Waals surface area contributed by atoms with Crippen molar-refractivity contribution in [3.8, 4) is 44.5 Å². The SMILES string of the molecule is C1=C(C2=CC=C(N(c3ccc(-c4ccccc4)cc3)c3ccc(-c4ccccc4)cc3)CC2)CCC(N(c2ccc(-c3ccccc3)cc2)c2ccc(-c3ccccc3)cc2)=C1. The predicted octanol–water partition coefficient (Wildman–Crippen LogP) is 16.5. The zero-order valence-electron chi connectivity index (χ0n) is 34.8. The van der Waals surface area contributed by atoms with Gasteiger partial charge in [-0.2, -0.15) is 0 Å². The van der Waals surface area contributed by atoms with Gasteiger partial charge >= 0.3 is 0 Å². The topological polar surface area (TPSA) is 6.48 Å². The molecule has 0 atom stereocenters. The van der Waals surface area contributed by atoms with E-state index in [1.54, 1.807) is 0 Å². The maximum absolute atomic E-state index is 2.44. The largest absolute Gasteiger partial charge is 0.314 e. The average Bonchev–Trinajstić information content (AvgIpc) is 3.36. The Balaban J connectivity index is 0.950. The summed E-state index contributed by atoms with van der Waals surface area (Å²) in [6.45, 7) is 0. The highest BCUT2D eigenvalue weighted by Gasteiger charge is 2.22. The Kier molecular flexibility index (Phi) is 11.1. The summed E-state index contributed by atoms with van der Waals surface area (Å²) in [6, 6.07) is 78.6. The van der Waals surface area contributed by atoms with Crippen molar-refractivity contribution in [3.05, 3.63) is 265 Å². The summed E-state index contributed by atoms with van der Waals surface area (Å²) in [5.74, 6) is 0. The van der Waals surface area contributed by atoms with Gasteiger partial charge in [0.25, 0.3) is 0 Å². The fourth-order valence-electron chi connectivity index (χ4n) is 8.86. The molecule has 8 aromatic rings. The van der Waals surface area contributed by atoms with Gasteiger partial charge in [-0.25, -0.2) is 0 Å². The Bertz CT molecular complexity index is 2500. The maximum Gasteiger partial charge on any atom is 0.0458 e. The highest BCUT2D eigenvalue weighted by atomic mass is 15.2. The van der Waals surface area contributed by atoms with E-state index in [0.717, 1.165) is 25.7 Å². The number of allylic oxidation sites excluding steroid dienone is 8. The smallest absolute Gasteiger partial charge is 0.0458 e. The van der Waals surface area contributed by atoms with Crippen molar-refractivity contribution in [1.29, 1.82) is 0 Å². The Morgan fingerprint density at radius 2 is 0.435 bits per heavy atom. The van der Waals surface area contributed by atoms with Crippen LogP contribution in [0.2, 0.25) is 0 Å². The van der Waals surface area contributed by atoms with Gasteiger partial charge in [-0.3, -0.25) is 0 Å². The first-order chi connectivity index (χ1) is 30.7. The molecular weight excluding hydrogens is 749 g/mol. The Labute approximate surface area is 366 Å². The van der Waals surface area contributed by atoms with Crippen molar-refractivity contribution < 1.29 is 0 Å². The molecule has 0 unspecified atom stereocenters. The van der Waals surface area contributed by atoms with Crippen LogP contribution >= 0.6 is 0 Å². The average molecular weight is 797 g/mol. The van der Waals surface area contributed by atoms with E-state index >= 15 is 0 Å². The van der Waals surface area contributed by atoms with Gasteiger partial charge in [0.1, 0.15) is 0 Å².